The van der Waals surface area contributed by atoms with E-state index in [9.17, 15) is 4.79 Å². The Hall–Kier alpha value is -2.75. The van der Waals surface area contributed by atoms with Crippen LogP contribution >= 0.6 is 24.8 Å². The van der Waals surface area contributed by atoms with Crippen LogP contribution in [0.1, 0.15) is 38.9 Å². The number of rotatable bonds is 9. The molecule has 0 bridgehead atoms. The Morgan fingerprint density at radius 1 is 1.23 bits per heavy atom. The van der Waals surface area contributed by atoms with E-state index >= 15 is 0 Å². The molecular weight excluding hydrogens is 480 g/mol. The van der Waals surface area contributed by atoms with Gasteiger partial charge in [-0.1, -0.05) is 12.1 Å². The number of hydrogen-bond donors (Lipinski definition) is 1. The second-order valence-electron chi connectivity index (χ2n) is 8.49. The summed E-state index contributed by atoms with van der Waals surface area (Å²) in [7, 11) is 5.53. The average molecular weight is 515 g/mol. The Balaban J connectivity index is 0.00000342. The summed E-state index contributed by atoms with van der Waals surface area (Å²) in [6.45, 7) is 4.87. The normalized spacial score (nSPS) is 14.1. The molecule has 0 saturated heterocycles. The molecule has 0 spiro atoms. The van der Waals surface area contributed by atoms with Gasteiger partial charge in [-0.3, -0.25) is 4.79 Å². The lowest BCUT2D eigenvalue weighted by molar-refractivity contribution is 0.0754. The van der Waals surface area contributed by atoms with Crippen LogP contribution in [-0.2, 0) is 6.54 Å². The summed E-state index contributed by atoms with van der Waals surface area (Å²) in [5.74, 6) is 1.34. The first-order chi connectivity index (χ1) is 16.5. The maximum atomic E-state index is 13.3. The minimum absolute atomic E-state index is 0. The van der Waals surface area contributed by atoms with Crippen molar-refractivity contribution in [2.45, 2.75) is 26.0 Å². The number of nitrogens with one attached hydrogen (secondary N) is 1. The molecule has 1 aliphatic heterocycles. The number of aryl methyl sites for hydroxylation is 1. The van der Waals surface area contributed by atoms with Crippen molar-refractivity contribution in [3.63, 3.8) is 0 Å². The molecule has 1 amide bonds. The van der Waals surface area contributed by atoms with Crippen molar-refractivity contribution < 1.29 is 14.3 Å². The van der Waals surface area contributed by atoms with Crippen LogP contribution in [0.3, 0.4) is 0 Å². The summed E-state index contributed by atoms with van der Waals surface area (Å²) in [4.78, 5) is 22.8. The first-order valence-corrected chi connectivity index (χ1v) is 12.4. The zero-order valence-corrected chi connectivity index (χ0v) is 22.5. The lowest BCUT2D eigenvalue weighted by Gasteiger charge is -2.23. The third-order valence-corrected chi connectivity index (χ3v) is 7.14. The zero-order valence-electron chi connectivity index (χ0n) is 20.7. The number of aromatic nitrogens is 1. The van der Waals surface area contributed by atoms with Crippen molar-refractivity contribution in [1.82, 2.24) is 15.2 Å². The summed E-state index contributed by atoms with van der Waals surface area (Å²) in [6.07, 6.45) is 2.53. The summed E-state index contributed by atoms with van der Waals surface area (Å²) in [5, 5.41) is 5.29. The van der Waals surface area contributed by atoms with Crippen LogP contribution in [-0.4, -0.2) is 56.6 Å². The molecule has 188 valence electrons. The fourth-order valence-corrected chi connectivity index (χ4v) is 4.92. The first-order valence-electron chi connectivity index (χ1n) is 11.5. The second-order valence-corrected chi connectivity index (χ2v) is 9.47. The SMILES string of the molecule is CNCC[C@H](Oc1ccc(CN2CCN(C)c3cc(OC)ncc3C2=O)c(C)c1)c1cccs1.S. The summed E-state index contributed by atoms with van der Waals surface area (Å²) in [6, 6.07) is 12.2. The zero-order chi connectivity index (χ0) is 24.1. The van der Waals surface area contributed by atoms with Gasteiger partial charge in [-0.05, 0) is 55.2 Å². The van der Waals surface area contributed by atoms with Crippen LogP contribution < -0.4 is 19.7 Å². The number of methoxy groups -OCH3 is 1. The van der Waals surface area contributed by atoms with Crippen molar-refractivity contribution in [3.05, 3.63) is 69.5 Å². The highest BCUT2D eigenvalue weighted by Gasteiger charge is 2.26. The number of benzene rings is 1. The fraction of sp³-hybridized carbons (Fsp3) is 0.385. The smallest absolute Gasteiger partial charge is 0.257 e. The molecule has 0 unspecified atom stereocenters. The van der Waals surface area contributed by atoms with E-state index in [-0.39, 0.29) is 25.5 Å². The van der Waals surface area contributed by atoms with E-state index in [1.165, 1.54) is 4.88 Å². The molecule has 0 radical (unpaired) electrons. The molecular formula is C26H34N4O3S2. The van der Waals surface area contributed by atoms with Crippen LogP contribution in [0.5, 0.6) is 11.6 Å². The number of fused-ring (bicyclic) bond motifs is 1. The van der Waals surface area contributed by atoms with E-state index in [0.29, 0.717) is 24.5 Å². The lowest BCUT2D eigenvalue weighted by atomic mass is 10.1. The third kappa shape index (κ3) is 6.28. The molecule has 1 aliphatic rings. The van der Waals surface area contributed by atoms with Crippen molar-refractivity contribution in [1.29, 1.82) is 0 Å². The highest BCUT2D eigenvalue weighted by molar-refractivity contribution is 7.59. The van der Waals surface area contributed by atoms with Gasteiger partial charge in [0.2, 0.25) is 5.88 Å². The number of carbonyl (C=O) groups excluding carboxylic acids is 1. The molecule has 7 nitrogen and oxygen atoms in total. The van der Waals surface area contributed by atoms with Crippen molar-refractivity contribution in [2.75, 3.05) is 45.7 Å². The molecule has 2 aromatic heterocycles. The average Bonchev–Trinajstić information content (AvgIpc) is 3.36. The number of anilines is 1. The molecule has 9 heteroatoms. The first kappa shape index (κ1) is 26.8. The topological polar surface area (TPSA) is 66.9 Å². The van der Waals surface area contributed by atoms with E-state index < -0.39 is 0 Å². The van der Waals surface area contributed by atoms with Gasteiger partial charge < -0.3 is 24.6 Å². The Labute approximate surface area is 218 Å². The van der Waals surface area contributed by atoms with Gasteiger partial charge in [0.05, 0.1) is 18.4 Å². The largest absolute Gasteiger partial charge is 0.485 e. The van der Waals surface area contributed by atoms with Crippen LogP contribution in [0.15, 0.2) is 48.0 Å². The molecule has 4 rings (SSSR count). The van der Waals surface area contributed by atoms with Crippen molar-refractivity contribution >= 4 is 36.4 Å². The molecule has 0 saturated carbocycles. The maximum absolute atomic E-state index is 13.3. The predicted molar refractivity (Wildman–Crippen MR) is 147 cm³/mol. The monoisotopic (exact) mass is 514 g/mol. The second kappa shape index (κ2) is 12.3. The van der Waals surface area contributed by atoms with Crippen molar-refractivity contribution in [3.8, 4) is 11.6 Å². The Morgan fingerprint density at radius 3 is 2.74 bits per heavy atom. The Kier molecular flexibility index (Phi) is 9.42. The van der Waals surface area contributed by atoms with E-state index in [1.807, 2.05) is 31.1 Å². The van der Waals surface area contributed by atoms with Gasteiger partial charge in [0.25, 0.3) is 5.91 Å². The van der Waals surface area contributed by atoms with Gasteiger partial charge in [0, 0.05) is 50.2 Å². The molecule has 1 aromatic carbocycles. The van der Waals surface area contributed by atoms with Gasteiger partial charge in [-0.15, -0.1) is 11.3 Å². The summed E-state index contributed by atoms with van der Waals surface area (Å²) in [5.41, 5.74) is 3.66. The van der Waals surface area contributed by atoms with Crippen molar-refractivity contribution in [2.24, 2.45) is 0 Å². The van der Waals surface area contributed by atoms with E-state index in [0.717, 1.165) is 42.1 Å². The highest BCUT2D eigenvalue weighted by atomic mass is 32.1. The number of amides is 1. The number of likely N-dealkylation sites (N-methyl/N-ethyl adjacent to an activating group) is 1. The standard InChI is InChI=1S/C26H32N4O3S.H2S/c1-18-14-20(33-23(9-10-27-2)24-6-5-13-34-24)8-7-19(18)17-30-12-11-29(3)22-15-25(32-4)28-16-21(22)26(30)31;/h5-8,13-16,23,27H,9-12,17H2,1-4H3;1H2/t23-;/m0./s1. The molecule has 1 atom stereocenters. The number of hydrogen-bond acceptors (Lipinski definition) is 7. The number of nitrogens with zero attached hydrogens (tertiary/aromatic N) is 3. The van der Waals surface area contributed by atoms with Gasteiger partial charge in [-0.2, -0.15) is 13.5 Å². The molecule has 0 fully saturated rings. The van der Waals surface area contributed by atoms with Gasteiger partial charge in [0.15, 0.2) is 0 Å². The summed E-state index contributed by atoms with van der Waals surface area (Å²) < 4.78 is 11.6. The van der Waals surface area contributed by atoms with Crippen LogP contribution in [0.4, 0.5) is 5.69 Å². The van der Waals surface area contributed by atoms with E-state index in [1.54, 1.807) is 24.6 Å². The van der Waals surface area contributed by atoms with Gasteiger partial charge in [0.1, 0.15) is 11.9 Å². The van der Waals surface area contributed by atoms with Crippen LogP contribution in [0.2, 0.25) is 0 Å². The van der Waals surface area contributed by atoms with Crippen LogP contribution in [0, 0.1) is 6.92 Å². The number of carbonyl (C=O) groups is 1. The van der Waals surface area contributed by atoms with E-state index in [2.05, 4.69) is 51.8 Å². The lowest BCUT2D eigenvalue weighted by Crippen LogP contribution is -2.33. The predicted octanol–water partition coefficient (Wildman–Crippen LogP) is 4.39. The van der Waals surface area contributed by atoms with E-state index in [4.69, 9.17) is 9.47 Å². The third-order valence-electron chi connectivity index (χ3n) is 6.17. The molecule has 3 aromatic rings. The Morgan fingerprint density at radius 2 is 2.06 bits per heavy atom. The number of pyridine rings is 1. The number of ether oxygens (including phenoxy) is 2. The quantitative estimate of drug-likeness (QED) is 0.457. The van der Waals surface area contributed by atoms with Gasteiger partial charge in [-0.25, -0.2) is 4.98 Å². The maximum Gasteiger partial charge on any atom is 0.257 e. The van der Waals surface area contributed by atoms with Gasteiger partial charge >= 0.3 is 0 Å². The molecule has 35 heavy (non-hydrogen) atoms. The molecule has 0 aliphatic carbocycles. The number of thiophene rings is 1. The fourth-order valence-electron chi connectivity index (χ4n) is 4.13. The molecule has 1 N–H and O–H groups in total. The highest BCUT2D eigenvalue weighted by Crippen LogP contribution is 2.31. The minimum atomic E-state index is -0.0148. The van der Waals surface area contributed by atoms with Crippen LogP contribution in [0.25, 0.3) is 0 Å². The Bertz CT molecular complexity index is 1120. The minimum Gasteiger partial charge on any atom is -0.485 e. The molecule has 3 heterocycles. The summed E-state index contributed by atoms with van der Waals surface area (Å²) >= 11 is 1.72.